The van der Waals surface area contributed by atoms with Crippen molar-refractivity contribution in [1.82, 2.24) is 9.80 Å². The van der Waals surface area contributed by atoms with E-state index in [0.717, 1.165) is 15.7 Å². The molecule has 0 spiro atoms. The maximum Gasteiger partial charge on any atom is 0.410 e. The molecule has 1 aromatic carbocycles. The Labute approximate surface area is 143 Å². The summed E-state index contributed by atoms with van der Waals surface area (Å²) in [5.74, 6) is 0. The Kier molecular flexibility index (Phi) is 4.00. The molecule has 0 bridgehead atoms. The summed E-state index contributed by atoms with van der Waals surface area (Å²) in [6.07, 6.45) is -0.324. The first-order valence-electron chi connectivity index (χ1n) is 7.57. The zero-order chi connectivity index (χ0) is 16.8. The van der Waals surface area contributed by atoms with E-state index in [1.807, 2.05) is 39.0 Å². The second-order valence-electron chi connectivity index (χ2n) is 6.90. The molecule has 2 heterocycles. The van der Waals surface area contributed by atoms with Crippen LogP contribution >= 0.6 is 15.9 Å². The molecule has 0 saturated carbocycles. The van der Waals surface area contributed by atoms with Gasteiger partial charge in [-0.3, -0.25) is 0 Å². The lowest BCUT2D eigenvalue weighted by molar-refractivity contribution is -0.00900. The normalized spacial score (nSPS) is 18.2. The molecule has 1 fully saturated rings. The summed E-state index contributed by atoms with van der Waals surface area (Å²) < 4.78 is 6.27. The Morgan fingerprint density at radius 1 is 1.35 bits per heavy atom. The van der Waals surface area contributed by atoms with E-state index in [1.54, 1.807) is 9.80 Å². The number of likely N-dealkylation sites (tertiary alicyclic amines) is 1. The van der Waals surface area contributed by atoms with E-state index in [1.165, 1.54) is 0 Å². The van der Waals surface area contributed by atoms with Gasteiger partial charge in [-0.2, -0.15) is 0 Å². The molecule has 1 aromatic rings. The Balaban J connectivity index is 1.61. The maximum absolute atomic E-state index is 12.3. The number of hydrogen-bond acceptors (Lipinski definition) is 3. The molecule has 2 aliphatic rings. The molecule has 3 rings (SSSR count). The fourth-order valence-corrected chi connectivity index (χ4v) is 3.03. The van der Waals surface area contributed by atoms with Gasteiger partial charge < -0.3 is 19.9 Å². The fourth-order valence-electron chi connectivity index (χ4n) is 2.67. The number of hydrogen-bond donors (Lipinski definition) is 1. The van der Waals surface area contributed by atoms with Gasteiger partial charge in [0.2, 0.25) is 0 Å². The SMILES string of the molecule is CC(C)(C)OC(=O)N1CC(N2Cc3ccc(Br)cc3NC2=O)C1. The summed E-state index contributed by atoms with van der Waals surface area (Å²) in [6.45, 7) is 7.10. The minimum atomic E-state index is -0.503. The smallest absolute Gasteiger partial charge is 0.410 e. The van der Waals surface area contributed by atoms with Crippen LogP contribution in [0, 0.1) is 0 Å². The number of carbonyl (C=O) groups excluding carboxylic acids is 2. The van der Waals surface area contributed by atoms with E-state index in [4.69, 9.17) is 4.74 Å². The van der Waals surface area contributed by atoms with Gasteiger partial charge in [-0.05, 0) is 38.5 Å². The van der Waals surface area contributed by atoms with Crippen LogP contribution in [-0.4, -0.2) is 46.7 Å². The molecule has 1 saturated heterocycles. The van der Waals surface area contributed by atoms with Crippen molar-refractivity contribution in [3.8, 4) is 0 Å². The van der Waals surface area contributed by atoms with Gasteiger partial charge in [0.15, 0.2) is 0 Å². The quantitative estimate of drug-likeness (QED) is 0.810. The Bertz CT molecular complexity index is 650. The molecular weight excluding hydrogens is 362 g/mol. The highest BCUT2D eigenvalue weighted by atomic mass is 79.9. The standard InChI is InChI=1S/C16H20BrN3O3/c1-16(2,3)23-15(22)19-8-12(9-19)20-7-10-4-5-11(17)6-13(10)18-14(20)21/h4-6,12H,7-9H2,1-3H3,(H,18,21). The summed E-state index contributed by atoms with van der Waals surface area (Å²) in [5.41, 5.74) is 1.41. The van der Waals surface area contributed by atoms with E-state index in [9.17, 15) is 9.59 Å². The average Bonchev–Trinajstić information content (AvgIpc) is 2.35. The van der Waals surface area contributed by atoms with Crippen molar-refractivity contribution in [1.29, 1.82) is 0 Å². The van der Waals surface area contributed by atoms with Crippen LogP contribution in [0.1, 0.15) is 26.3 Å². The number of halogens is 1. The lowest BCUT2D eigenvalue weighted by Crippen LogP contribution is -2.63. The average molecular weight is 382 g/mol. The van der Waals surface area contributed by atoms with Gasteiger partial charge >= 0.3 is 12.1 Å². The Morgan fingerprint density at radius 2 is 2.04 bits per heavy atom. The monoisotopic (exact) mass is 381 g/mol. The van der Waals surface area contributed by atoms with E-state index in [-0.39, 0.29) is 18.2 Å². The van der Waals surface area contributed by atoms with E-state index in [0.29, 0.717) is 19.6 Å². The molecule has 3 amide bonds. The highest BCUT2D eigenvalue weighted by molar-refractivity contribution is 9.10. The molecule has 2 aliphatic heterocycles. The molecule has 1 N–H and O–H groups in total. The second kappa shape index (κ2) is 5.70. The Morgan fingerprint density at radius 3 is 2.70 bits per heavy atom. The summed E-state index contributed by atoms with van der Waals surface area (Å²) in [6, 6.07) is 5.76. The van der Waals surface area contributed by atoms with E-state index >= 15 is 0 Å². The number of carbonyl (C=O) groups is 2. The van der Waals surface area contributed by atoms with Gasteiger partial charge in [-0.1, -0.05) is 22.0 Å². The van der Waals surface area contributed by atoms with Crippen LogP contribution in [-0.2, 0) is 11.3 Å². The third-order valence-corrected chi connectivity index (χ3v) is 4.36. The number of nitrogens with zero attached hydrogens (tertiary/aromatic N) is 2. The molecular formula is C16H20BrN3O3. The van der Waals surface area contributed by atoms with Crippen LogP contribution in [0.15, 0.2) is 22.7 Å². The fraction of sp³-hybridized carbons (Fsp3) is 0.500. The molecule has 0 radical (unpaired) electrons. The number of anilines is 1. The zero-order valence-corrected chi connectivity index (χ0v) is 15.0. The largest absolute Gasteiger partial charge is 0.444 e. The van der Waals surface area contributed by atoms with Crippen LogP contribution in [0.3, 0.4) is 0 Å². The van der Waals surface area contributed by atoms with Crippen LogP contribution in [0.25, 0.3) is 0 Å². The molecule has 23 heavy (non-hydrogen) atoms. The van der Waals surface area contributed by atoms with Crippen molar-refractivity contribution in [2.24, 2.45) is 0 Å². The van der Waals surface area contributed by atoms with E-state index in [2.05, 4.69) is 21.2 Å². The predicted molar refractivity (Wildman–Crippen MR) is 90.3 cm³/mol. The van der Waals surface area contributed by atoms with Crippen molar-refractivity contribution in [2.75, 3.05) is 18.4 Å². The molecule has 0 atom stereocenters. The third kappa shape index (κ3) is 3.44. The molecule has 124 valence electrons. The second-order valence-corrected chi connectivity index (χ2v) is 7.81. The summed E-state index contributed by atoms with van der Waals surface area (Å²) in [4.78, 5) is 27.6. The zero-order valence-electron chi connectivity index (χ0n) is 13.4. The van der Waals surface area contributed by atoms with Crippen LogP contribution < -0.4 is 5.32 Å². The van der Waals surface area contributed by atoms with Gasteiger partial charge in [0.25, 0.3) is 0 Å². The van der Waals surface area contributed by atoms with Crippen molar-refractivity contribution in [3.05, 3.63) is 28.2 Å². The van der Waals surface area contributed by atoms with Gasteiger partial charge in [0.05, 0.1) is 6.04 Å². The number of amides is 3. The van der Waals surface area contributed by atoms with Crippen LogP contribution in [0.2, 0.25) is 0 Å². The van der Waals surface area contributed by atoms with E-state index < -0.39 is 5.60 Å². The highest BCUT2D eigenvalue weighted by Crippen LogP contribution is 2.30. The lowest BCUT2D eigenvalue weighted by atomic mass is 10.0. The topological polar surface area (TPSA) is 61.9 Å². The van der Waals surface area contributed by atoms with Gasteiger partial charge in [0.1, 0.15) is 5.60 Å². The van der Waals surface area contributed by atoms with Gasteiger partial charge in [-0.25, -0.2) is 9.59 Å². The van der Waals surface area contributed by atoms with Gasteiger partial charge in [0, 0.05) is 29.8 Å². The molecule has 7 heteroatoms. The minimum Gasteiger partial charge on any atom is -0.444 e. The number of rotatable bonds is 1. The number of fused-ring (bicyclic) bond motifs is 1. The van der Waals surface area contributed by atoms with Crippen molar-refractivity contribution >= 4 is 33.7 Å². The first-order valence-corrected chi connectivity index (χ1v) is 8.36. The molecule has 6 nitrogen and oxygen atoms in total. The minimum absolute atomic E-state index is 0.0271. The van der Waals surface area contributed by atoms with Crippen molar-refractivity contribution in [3.63, 3.8) is 0 Å². The van der Waals surface area contributed by atoms with Crippen molar-refractivity contribution in [2.45, 2.75) is 39.0 Å². The molecule has 0 aliphatic carbocycles. The third-order valence-electron chi connectivity index (χ3n) is 3.87. The number of nitrogens with one attached hydrogen (secondary N) is 1. The van der Waals surface area contributed by atoms with Crippen LogP contribution in [0.4, 0.5) is 15.3 Å². The molecule has 0 unspecified atom stereocenters. The number of urea groups is 1. The molecule has 0 aromatic heterocycles. The summed E-state index contributed by atoms with van der Waals surface area (Å²) in [5, 5.41) is 2.90. The maximum atomic E-state index is 12.3. The number of ether oxygens (including phenoxy) is 1. The summed E-state index contributed by atoms with van der Waals surface area (Å²) >= 11 is 3.40. The van der Waals surface area contributed by atoms with Gasteiger partial charge in [-0.15, -0.1) is 0 Å². The predicted octanol–water partition coefficient (Wildman–Crippen LogP) is 3.42. The highest BCUT2D eigenvalue weighted by Gasteiger charge is 2.40. The Hall–Kier alpha value is -1.76. The van der Waals surface area contributed by atoms with Crippen molar-refractivity contribution < 1.29 is 14.3 Å². The summed E-state index contributed by atoms with van der Waals surface area (Å²) in [7, 11) is 0. The first-order chi connectivity index (χ1) is 10.7. The lowest BCUT2D eigenvalue weighted by Gasteiger charge is -2.46. The van der Waals surface area contributed by atoms with Crippen LogP contribution in [0.5, 0.6) is 0 Å². The first kappa shape index (κ1) is 16.1. The number of benzene rings is 1.